The van der Waals surface area contributed by atoms with Gasteiger partial charge >= 0.3 is 5.97 Å². The molecular weight excluding hydrogens is 510 g/mol. The van der Waals surface area contributed by atoms with Gasteiger partial charge in [0, 0.05) is 11.4 Å². The Labute approximate surface area is 210 Å². The summed E-state index contributed by atoms with van der Waals surface area (Å²) < 4.78 is 32.8. The Balaban J connectivity index is 1.49. The molecule has 0 saturated carbocycles. The molecule has 1 aliphatic rings. The van der Waals surface area contributed by atoms with E-state index in [4.69, 9.17) is 4.74 Å². The summed E-state index contributed by atoms with van der Waals surface area (Å²) in [5.41, 5.74) is 2.06. The summed E-state index contributed by atoms with van der Waals surface area (Å²) in [7, 11) is -2.82. The number of rotatable bonds is 7. The third-order valence-electron chi connectivity index (χ3n) is 5.63. The van der Waals surface area contributed by atoms with Crippen LogP contribution in [0.5, 0.6) is 0 Å². The standard InChI is InChI=1S/C23H25N3O6S3/c1-3-26-15-9-5-7-11-17(15)34-23(26)25-19(28)13-35(30,31)12-18(27)24-21-20(22(29)32-2)14-8-4-6-10-16(14)33-21/h5,7,9,11H,3-4,6,8,10,12-13H2,1-2H3,(H,24,27). The highest BCUT2D eigenvalue weighted by Crippen LogP contribution is 2.38. The first-order valence-corrected chi connectivity index (χ1v) is 14.6. The molecule has 0 spiro atoms. The van der Waals surface area contributed by atoms with Gasteiger partial charge in [-0.15, -0.1) is 11.3 Å². The lowest BCUT2D eigenvalue weighted by Gasteiger charge is -2.11. The van der Waals surface area contributed by atoms with Crippen LogP contribution in [0.25, 0.3) is 10.2 Å². The molecule has 1 aliphatic carbocycles. The van der Waals surface area contributed by atoms with Crippen LogP contribution in [-0.4, -0.2) is 49.4 Å². The number of carbonyl (C=O) groups excluding carboxylic acids is 3. The molecule has 2 heterocycles. The number of para-hydroxylation sites is 1. The first-order chi connectivity index (χ1) is 16.7. The van der Waals surface area contributed by atoms with Gasteiger partial charge in [0.15, 0.2) is 14.6 Å². The lowest BCUT2D eigenvalue weighted by Crippen LogP contribution is -2.28. The van der Waals surface area contributed by atoms with E-state index < -0.39 is 39.1 Å². The fourth-order valence-corrected chi connectivity index (χ4v) is 7.54. The number of thiazole rings is 1. The van der Waals surface area contributed by atoms with Crippen LogP contribution in [-0.2, 0) is 43.5 Å². The number of thiophene rings is 1. The monoisotopic (exact) mass is 535 g/mol. The van der Waals surface area contributed by atoms with Crippen molar-refractivity contribution in [3.8, 4) is 0 Å². The number of nitrogens with one attached hydrogen (secondary N) is 1. The average Bonchev–Trinajstić information content (AvgIpc) is 3.34. The van der Waals surface area contributed by atoms with Crippen molar-refractivity contribution >= 4 is 65.5 Å². The van der Waals surface area contributed by atoms with Crippen LogP contribution >= 0.6 is 22.7 Å². The largest absolute Gasteiger partial charge is 0.465 e. The van der Waals surface area contributed by atoms with Crippen molar-refractivity contribution in [1.29, 1.82) is 0 Å². The van der Waals surface area contributed by atoms with E-state index in [9.17, 15) is 22.8 Å². The van der Waals surface area contributed by atoms with Crippen molar-refractivity contribution in [3.63, 3.8) is 0 Å². The number of aromatic nitrogens is 1. The molecule has 35 heavy (non-hydrogen) atoms. The molecular formula is C23H25N3O6S3. The third kappa shape index (κ3) is 5.54. The number of amides is 2. The summed E-state index contributed by atoms with van der Waals surface area (Å²) in [6.07, 6.45) is 3.41. The molecule has 12 heteroatoms. The normalized spacial score (nSPS) is 14.1. The van der Waals surface area contributed by atoms with Gasteiger partial charge in [-0.3, -0.25) is 9.59 Å². The number of aryl methyl sites for hydroxylation is 2. The van der Waals surface area contributed by atoms with Crippen LogP contribution in [0.3, 0.4) is 0 Å². The first-order valence-electron chi connectivity index (χ1n) is 11.1. The smallest absolute Gasteiger partial charge is 0.341 e. The van der Waals surface area contributed by atoms with E-state index in [1.807, 2.05) is 35.8 Å². The van der Waals surface area contributed by atoms with Crippen molar-refractivity contribution in [2.24, 2.45) is 4.99 Å². The minimum atomic E-state index is -4.08. The number of ether oxygens (including phenoxy) is 1. The summed E-state index contributed by atoms with van der Waals surface area (Å²) in [5, 5.41) is 2.84. The van der Waals surface area contributed by atoms with Crippen LogP contribution < -0.4 is 10.1 Å². The van der Waals surface area contributed by atoms with Gasteiger partial charge in [-0.25, -0.2) is 13.2 Å². The fourth-order valence-electron chi connectivity index (χ4n) is 4.12. The summed E-state index contributed by atoms with van der Waals surface area (Å²) in [6.45, 7) is 2.48. The number of fused-ring (bicyclic) bond motifs is 2. The number of sulfone groups is 1. The van der Waals surface area contributed by atoms with Crippen molar-refractivity contribution in [1.82, 2.24) is 4.57 Å². The molecule has 0 bridgehead atoms. The van der Waals surface area contributed by atoms with E-state index in [0.717, 1.165) is 39.9 Å². The Morgan fingerprint density at radius 1 is 1.11 bits per heavy atom. The summed E-state index contributed by atoms with van der Waals surface area (Å²) in [6, 6.07) is 7.57. The van der Waals surface area contributed by atoms with Gasteiger partial charge in [-0.2, -0.15) is 4.99 Å². The van der Waals surface area contributed by atoms with Crippen LogP contribution in [0, 0.1) is 0 Å². The summed E-state index contributed by atoms with van der Waals surface area (Å²) in [5.74, 6) is -4.00. The first kappa shape index (κ1) is 25.3. The highest BCUT2D eigenvalue weighted by molar-refractivity contribution is 7.92. The number of esters is 1. The maximum atomic E-state index is 12.6. The van der Waals surface area contributed by atoms with Crippen LogP contribution in [0.4, 0.5) is 5.00 Å². The Morgan fingerprint density at radius 3 is 2.60 bits per heavy atom. The topological polar surface area (TPSA) is 124 Å². The van der Waals surface area contributed by atoms with E-state index in [2.05, 4.69) is 10.3 Å². The zero-order valence-electron chi connectivity index (χ0n) is 19.3. The SMILES string of the molecule is CCn1c(=NC(=O)CS(=O)(=O)CC(=O)Nc2sc3c(c2C(=O)OC)CCCC3)sc2ccccc21. The third-order valence-corrected chi connectivity index (χ3v) is 9.29. The molecule has 0 aliphatic heterocycles. The van der Waals surface area contributed by atoms with Gasteiger partial charge in [0.1, 0.15) is 16.5 Å². The predicted molar refractivity (Wildman–Crippen MR) is 136 cm³/mol. The molecule has 0 fully saturated rings. The molecule has 0 unspecified atom stereocenters. The zero-order valence-corrected chi connectivity index (χ0v) is 21.8. The molecule has 186 valence electrons. The molecule has 0 atom stereocenters. The van der Waals surface area contributed by atoms with Crippen LogP contribution in [0.15, 0.2) is 29.3 Å². The van der Waals surface area contributed by atoms with Crippen molar-refractivity contribution in [2.75, 3.05) is 23.9 Å². The number of carbonyl (C=O) groups is 3. The molecule has 9 nitrogen and oxygen atoms in total. The van der Waals surface area contributed by atoms with Crippen LogP contribution in [0.2, 0.25) is 0 Å². The van der Waals surface area contributed by atoms with Gasteiger partial charge in [0.25, 0.3) is 5.91 Å². The molecule has 1 N–H and O–H groups in total. The second kappa shape index (κ2) is 10.4. The quantitative estimate of drug-likeness (QED) is 0.464. The molecule has 4 rings (SSSR count). The molecule has 2 amide bonds. The molecule has 2 aromatic heterocycles. The average molecular weight is 536 g/mol. The Bertz CT molecular complexity index is 1480. The van der Waals surface area contributed by atoms with Crippen molar-refractivity contribution < 1.29 is 27.5 Å². The van der Waals surface area contributed by atoms with E-state index >= 15 is 0 Å². The number of benzene rings is 1. The molecule has 1 aromatic carbocycles. The highest BCUT2D eigenvalue weighted by atomic mass is 32.2. The summed E-state index contributed by atoms with van der Waals surface area (Å²) >= 11 is 2.56. The Kier molecular flexibility index (Phi) is 7.53. The number of methoxy groups -OCH3 is 1. The van der Waals surface area contributed by atoms with E-state index in [1.54, 1.807) is 0 Å². The van der Waals surface area contributed by atoms with Gasteiger partial charge in [0.05, 0.1) is 22.9 Å². The van der Waals surface area contributed by atoms with Gasteiger partial charge < -0.3 is 14.6 Å². The predicted octanol–water partition coefficient (Wildman–Crippen LogP) is 2.93. The highest BCUT2D eigenvalue weighted by Gasteiger charge is 2.28. The zero-order chi connectivity index (χ0) is 25.2. The van der Waals surface area contributed by atoms with E-state index in [1.165, 1.54) is 29.8 Å². The minimum absolute atomic E-state index is 0.286. The maximum absolute atomic E-state index is 12.6. The molecule has 0 radical (unpaired) electrons. The maximum Gasteiger partial charge on any atom is 0.341 e. The van der Waals surface area contributed by atoms with Crippen molar-refractivity contribution in [2.45, 2.75) is 39.2 Å². The second-order valence-electron chi connectivity index (χ2n) is 8.09. The van der Waals surface area contributed by atoms with Gasteiger partial charge in [-0.05, 0) is 50.3 Å². The summed E-state index contributed by atoms with van der Waals surface area (Å²) in [4.78, 5) is 42.8. The fraction of sp³-hybridized carbons (Fsp3) is 0.391. The Hall–Kier alpha value is -2.83. The van der Waals surface area contributed by atoms with E-state index in [0.29, 0.717) is 17.8 Å². The second-order valence-corrected chi connectivity index (χ2v) is 12.3. The lowest BCUT2D eigenvalue weighted by molar-refractivity contribution is -0.115. The Morgan fingerprint density at radius 2 is 1.86 bits per heavy atom. The van der Waals surface area contributed by atoms with Crippen molar-refractivity contribution in [3.05, 3.63) is 45.1 Å². The number of anilines is 1. The van der Waals surface area contributed by atoms with E-state index in [-0.39, 0.29) is 10.6 Å². The number of hydrogen-bond acceptors (Lipinski definition) is 8. The van der Waals surface area contributed by atoms with Crippen LogP contribution in [0.1, 0.15) is 40.6 Å². The van der Waals surface area contributed by atoms with Gasteiger partial charge in [0.2, 0.25) is 5.91 Å². The number of nitrogens with zero attached hydrogens (tertiary/aromatic N) is 2. The number of hydrogen-bond donors (Lipinski definition) is 1. The lowest BCUT2D eigenvalue weighted by atomic mass is 9.95. The van der Waals surface area contributed by atoms with Gasteiger partial charge in [-0.1, -0.05) is 23.5 Å². The molecule has 3 aromatic rings. The minimum Gasteiger partial charge on any atom is -0.465 e. The molecule has 0 saturated heterocycles.